The van der Waals surface area contributed by atoms with E-state index >= 15 is 0 Å². The summed E-state index contributed by atoms with van der Waals surface area (Å²) < 4.78 is 10.8. The highest BCUT2D eigenvalue weighted by Gasteiger charge is 2.08. The van der Waals surface area contributed by atoms with E-state index in [1.54, 1.807) is 38.3 Å². The first-order chi connectivity index (χ1) is 9.10. The summed E-state index contributed by atoms with van der Waals surface area (Å²) in [7, 11) is 1.60. The predicted molar refractivity (Wildman–Crippen MR) is 75.2 cm³/mol. The maximum absolute atomic E-state index is 9.48. The summed E-state index contributed by atoms with van der Waals surface area (Å²) in [6, 6.07) is 12.5. The topological polar surface area (TPSA) is 38.7 Å². The number of hydrogen-bond donors (Lipinski definition) is 1. The van der Waals surface area contributed by atoms with Crippen LogP contribution in [0.2, 0.25) is 5.02 Å². The molecule has 0 amide bonds. The number of halogens is 1. The maximum atomic E-state index is 9.48. The molecule has 2 aromatic carbocycles. The van der Waals surface area contributed by atoms with Crippen LogP contribution in [0.3, 0.4) is 0 Å². The van der Waals surface area contributed by atoms with Gasteiger partial charge in [0.2, 0.25) is 0 Å². The fourth-order valence-electron chi connectivity index (χ4n) is 1.65. The number of rotatable bonds is 4. The summed E-state index contributed by atoms with van der Waals surface area (Å²) in [6.07, 6.45) is -0.552. The van der Waals surface area contributed by atoms with Gasteiger partial charge in [-0.25, -0.2) is 0 Å². The van der Waals surface area contributed by atoms with Crippen LogP contribution in [0, 0.1) is 0 Å². The van der Waals surface area contributed by atoms with E-state index < -0.39 is 6.10 Å². The number of aliphatic hydroxyl groups is 1. The fraction of sp³-hybridized carbons (Fsp3) is 0.200. The van der Waals surface area contributed by atoms with Gasteiger partial charge in [0.1, 0.15) is 17.2 Å². The Labute approximate surface area is 117 Å². The van der Waals surface area contributed by atoms with E-state index in [9.17, 15) is 5.11 Å². The summed E-state index contributed by atoms with van der Waals surface area (Å²) in [4.78, 5) is 0. The third kappa shape index (κ3) is 3.40. The van der Waals surface area contributed by atoms with Crippen LogP contribution in [0.1, 0.15) is 18.6 Å². The Morgan fingerprint density at radius 3 is 2.47 bits per heavy atom. The molecule has 19 heavy (non-hydrogen) atoms. The maximum Gasteiger partial charge on any atom is 0.146 e. The Bertz CT molecular complexity index is 567. The lowest BCUT2D eigenvalue weighted by molar-refractivity contribution is 0.199. The quantitative estimate of drug-likeness (QED) is 0.911. The number of methoxy groups -OCH3 is 1. The molecule has 100 valence electrons. The van der Waals surface area contributed by atoms with Gasteiger partial charge >= 0.3 is 0 Å². The number of benzene rings is 2. The van der Waals surface area contributed by atoms with Gasteiger partial charge < -0.3 is 14.6 Å². The van der Waals surface area contributed by atoms with E-state index in [0.29, 0.717) is 22.3 Å². The van der Waals surface area contributed by atoms with E-state index in [0.717, 1.165) is 5.56 Å². The molecule has 0 saturated heterocycles. The van der Waals surface area contributed by atoms with Crippen molar-refractivity contribution in [3.63, 3.8) is 0 Å². The second-order valence-electron chi connectivity index (χ2n) is 4.15. The SMILES string of the molecule is COc1cccc(Oc2ccc([C@@H](C)O)cc2Cl)c1. The molecule has 0 spiro atoms. The largest absolute Gasteiger partial charge is 0.497 e. The first-order valence-corrected chi connectivity index (χ1v) is 6.27. The smallest absolute Gasteiger partial charge is 0.146 e. The molecule has 0 heterocycles. The molecule has 0 radical (unpaired) electrons. The third-order valence-corrected chi connectivity index (χ3v) is 3.00. The summed E-state index contributed by atoms with van der Waals surface area (Å²) in [5, 5.41) is 9.94. The van der Waals surface area contributed by atoms with Crippen molar-refractivity contribution >= 4 is 11.6 Å². The highest BCUT2D eigenvalue weighted by Crippen LogP contribution is 2.32. The summed E-state index contributed by atoms with van der Waals surface area (Å²) >= 11 is 6.13. The second kappa shape index (κ2) is 5.95. The first kappa shape index (κ1) is 13.7. The Morgan fingerprint density at radius 1 is 1.11 bits per heavy atom. The molecule has 2 rings (SSSR count). The number of ether oxygens (including phenoxy) is 2. The molecule has 2 aromatic rings. The monoisotopic (exact) mass is 278 g/mol. The Hall–Kier alpha value is -1.71. The Balaban J connectivity index is 2.23. The van der Waals surface area contributed by atoms with Gasteiger partial charge in [0.15, 0.2) is 0 Å². The minimum Gasteiger partial charge on any atom is -0.497 e. The fourth-order valence-corrected chi connectivity index (χ4v) is 1.88. The van der Waals surface area contributed by atoms with Crippen molar-refractivity contribution in [1.82, 2.24) is 0 Å². The normalized spacial score (nSPS) is 12.0. The molecule has 1 N–H and O–H groups in total. The van der Waals surface area contributed by atoms with Crippen LogP contribution >= 0.6 is 11.6 Å². The van der Waals surface area contributed by atoms with E-state index in [-0.39, 0.29) is 0 Å². The van der Waals surface area contributed by atoms with Crippen LogP contribution in [-0.4, -0.2) is 12.2 Å². The molecule has 1 atom stereocenters. The van der Waals surface area contributed by atoms with E-state index in [1.165, 1.54) is 0 Å². The third-order valence-electron chi connectivity index (χ3n) is 2.71. The second-order valence-corrected chi connectivity index (χ2v) is 4.55. The molecule has 0 aliphatic heterocycles. The minimum absolute atomic E-state index is 0.459. The molecule has 0 aliphatic carbocycles. The molecule has 0 aromatic heterocycles. The van der Waals surface area contributed by atoms with Gasteiger partial charge in [0.25, 0.3) is 0 Å². The van der Waals surface area contributed by atoms with E-state index in [1.807, 2.05) is 18.2 Å². The van der Waals surface area contributed by atoms with Crippen molar-refractivity contribution < 1.29 is 14.6 Å². The molecule has 3 nitrogen and oxygen atoms in total. The highest BCUT2D eigenvalue weighted by atomic mass is 35.5. The highest BCUT2D eigenvalue weighted by molar-refractivity contribution is 6.32. The van der Waals surface area contributed by atoms with Gasteiger partial charge in [0.05, 0.1) is 18.2 Å². The first-order valence-electron chi connectivity index (χ1n) is 5.89. The average Bonchev–Trinajstić information content (AvgIpc) is 2.41. The van der Waals surface area contributed by atoms with Gasteiger partial charge in [-0.2, -0.15) is 0 Å². The van der Waals surface area contributed by atoms with Crippen molar-refractivity contribution in [2.24, 2.45) is 0 Å². The molecule has 4 heteroatoms. The van der Waals surface area contributed by atoms with Crippen LogP contribution < -0.4 is 9.47 Å². The summed E-state index contributed by atoms with van der Waals surface area (Å²) in [6.45, 7) is 1.69. The van der Waals surface area contributed by atoms with Crippen molar-refractivity contribution in [3.8, 4) is 17.2 Å². The number of aliphatic hydroxyl groups excluding tert-OH is 1. The summed E-state index contributed by atoms with van der Waals surface area (Å²) in [5.74, 6) is 1.90. The van der Waals surface area contributed by atoms with Crippen LogP contribution in [-0.2, 0) is 0 Å². The Morgan fingerprint density at radius 2 is 1.84 bits per heavy atom. The van der Waals surface area contributed by atoms with Crippen LogP contribution in [0.5, 0.6) is 17.2 Å². The zero-order valence-electron chi connectivity index (χ0n) is 10.8. The van der Waals surface area contributed by atoms with Gasteiger partial charge in [-0.15, -0.1) is 0 Å². The van der Waals surface area contributed by atoms with Crippen molar-refractivity contribution in [2.45, 2.75) is 13.0 Å². The van der Waals surface area contributed by atoms with Crippen molar-refractivity contribution in [3.05, 3.63) is 53.1 Å². The lowest BCUT2D eigenvalue weighted by Gasteiger charge is -2.11. The zero-order valence-corrected chi connectivity index (χ0v) is 11.5. The molecule has 0 saturated carbocycles. The van der Waals surface area contributed by atoms with Gasteiger partial charge in [-0.3, -0.25) is 0 Å². The van der Waals surface area contributed by atoms with Crippen LogP contribution in [0.25, 0.3) is 0 Å². The molecular formula is C15H15ClO3. The molecule has 0 fully saturated rings. The lowest BCUT2D eigenvalue weighted by atomic mass is 10.1. The minimum atomic E-state index is -0.552. The van der Waals surface area contributed by atoms with Crippen LogP contribution in [0.15, 0.2) is 42.5 Å². The van der Waals surface area contributed by atoms with E-state index in [4.69, 9.17) is 21.1 Å². The van der Waals surface area contributed by atoms with Gasteiger partial charge in [-0.1, -0.05) is 23.7 Å². The van der Waals surface area contributed by atoms with Crippen molar-refractivity contribution in [1.29, 1.82) is 0 Å². The van der Waals surface area contributed by atoms with Gasteiger partial charge in [-0.05, 0) is 36.8 Å². The molecule has 0 aliphatic rings. The predicted octanol–water partition coefficient (Wildman–Crippen LogP) is 4.19. The van der Waals surface area contributed by atoms with Crippen molar-refractivity contribution in [2.75, 3.05) is 7.11 Å². The van der Waals surface area contributed by atoms with E-state index in [2.05, 4.69) is 0 Å². The molecule has 0 bridgehead atoms. The molecular weight excluding hydrogens is 264 g/mol. The zero-order chi connectivity index (χ0) is 13.8. The molecule has 0 unspecified atom stereocenters. The Kier molecular flexibility index (Phi) is 4.30. The average molecular weight is 279 g/mol. The standard InChI is InChI=1S/C15H15ClO3/c1-10(17)11-6-7-15(14(16)8-11)19-13-5-3-4-12(9-13)18-2/h3-10,17H,1-2H3/t10-/m1/s1. The van der Waals surface area contributed by atoms with Crippen LogP contribution in [0.4, 0.5) is 0 Å². The lowest BCUT2D eigenvalue weighted by Crippen LogP contribution is -1.92. The number of hydrogen-bond acceptors (Lipinski definition) is 3. The van der Waals surface area contributed by atoms with Gasteiger partial charge in [0, 0.05) is 6.07 Å². The summed E-state index contributed by atoms with van der Waals surface area (Å²) in [5.41, 5.74) is 0.753.